The van der Waals surface area contributed by atoms with Crippen molar-refractivity contribution in [2.24, 2.45) is 39.4 Å². The van der Waals surface area contributed by atoms with E-state index in [1.165, 1.54) is 25.7 Å². The summed E-state index contributed by atoms with van der Waals surface area (Å²) in [4.78, 5) is 0. The standard InChI is InChI=1S/C20H34O2/c1-12-14(21)10-15(22)19(5)7-6-13-16-17(2,3)8-9-18(16,4)11-20(12,13)19/h12-16,21-22H,6-11H2,1-5H3. The first-order valence-corrected chi connectivity index (χ1v) is 9.45. The first kappa shape index (κ1) is 15.4. The van der Waals surface area contributed by atoms with Gasteiger partial charge in [0, 0.05) is 6.42 Å². The molecule has 0 radical (unpaired) electrons. The van der Waals surface area contributed by atoms with Gasteiger partial charge in [-0.1, -0.05) is 34.6 Å². The van der Waals surface area contributed by atoms with Crippen LogP contribution in [-0.4, -0.2) is 22.4 Å². The van der Waals surface area contributed by atoms with Gasteiger partial charge in [0.05, 0.1) is 12.2 Å². The van der Waals surface area contributed by atoms with Crippen molar-refractivity contribution in [1.29, 1.82) is 0 Å². The topological polar surface area (TPSA) is 40.5 Å². The van der Waals surface area contributed by atoms with E-state index in [2.05, 4.69) is 34.6 Å². The Kier molecular flexibility index (Phi) is 2.89. The monoisotopic (exact) mass is 306 g/mol. The second-order valence-electron chi connectivity index (χ2n) is 10.5. The Hall–Kier alpha value is -0.0800. The molecule has 4 fully saturated rings. The van der Waals surface area contributed by atoms with Gasteiger partial charge in [0.25, 0.3) is 0 Å². The van der Waals surface area contributed by atoms with Gasteiger partial charge in [0.1, 0.15) is 0 Å². The van der Waals surface area contributed by atoms with E-state index in [0.717, 1.165) is 12.3 Å². The summed E-state index contributed by atoms with van der Waals surface area (Å²) in [5.41, 5.74) is 1.00. The molecule has 4 rings (SSSR count). The van der Waals surface area contributed by atoms with Crippen LogP contribution >= 0.6 is 0 Å². The molecule has 1 spiro atoms. The first-order chi connectivity index (χ1) is 10.1. The van der Waals surface area contributed by atoms with E-state index in [0.29, 0.717) is 29.1 Å². The predicted octanol–water partition coefficient (Wildman–Crippen LogP) is 4.00. The summed E-state index contributed by atoms with van der Waals surface area (Å²) in [7, 11) is 0. The van der Waals surface area contributed by atoms with Gasteiger partial charge in [-0.25, -0.2) is 0 Å². The third kappa shape index (κ3) is 1.46. The molecule has 0 heterocycles. The van der Waals surface area contributed by atoms with Gasteiger partial charge in [0.15, 0.2) is 0 Å². The minimum absolute atomic E-state index is 0.0136. The predicted molar refractivity (Wildman–Crippen MR) is 88.3 cm³/mol. The van der Waals surface area contributed by atoms with Crippen LogP contribution in [0.5, 0.6) is 0 Å². The molecule has 0 amide bonds. The maximum absolute atomic E-state index is 10.9. The Bertz CT molecular complexity index is 500. The lowest BCUT2D eigenvalue weighted by Gasteiger charge is -2.57. The van der Waals surface area contributed by atoms with Gasteiger partial charge >= 0.3 is 0 Å². The number of hydrogen-bond donors (Lipinski definition) is 2. The molecule has 0 aliphatic heterocycles. The Balaban J connectivity index is 1.87. The van der Waals surface area contributed by atoms with Crippen molar-refractivity contribution in [3.8, 4) is 0 Å². The quantitative estimate of drug-likeness (QED) is 0.710. The SMILES string of the molecule is CC1C(O)CC(O)C2(C)CCC3C4C(C)(C)CCC4(C)CC132. The zero-order valence-electron chi connectivity index (χ0n) is 15.0. The minimum Gasteiger partial charge on any atom is -0.393 e. The molecule has 8 atom stereocenters. The van der Waals surface area contributed by atoms with E-state index in [9.17, 15) is 10.2 Å². The molecular formula is C20H34O2. The Morgan fingerprint density at radius 2 is 1.64 bits per heavy atom. The molecule has 22 heavy (non-hydrogen) atoms. The largest absolute Gasteiger partial charge is 0.393 e. The van der Waals surface area contributed by atoms with Gasteiger partial charge in [-0.05, 0) is 71.5 Å². The number of rotatable bonds is 0. The highest BCUT2D eigenvalue weighted by Crippen LogP contribution is 2.80. The normalized spacial score (nSPS) is 62.6. The van der Waals surface area contributed by atoms with Crippen molar-refractivity contribution in [3.63, 3.8) is 0 Å². The molecule has 126 valence electrons. The van der Waals surface area contributed by atoms with Crippen LogP contribution in [0.1, 0.15) is 73.1 Å². The van der Waals surface area contributed by atoms with E-state index >= 15 is 0 Å². The maximum Gasteiger partial charge on any atom is 0.0624 e. The lowest BCUT2D eigenvalue weighted by atomic mass is 9.49. The smallest absolute Gasteiger partial charge is 0.0624 e. The molecule has 0 bridgehead atoms. The summed E-state index contributed by atoms with van der Waals surface area (Å²) in [5.74, 6) is 1.79. The molecule has 0 aromatic rings. The average molecular weight is 306 g/mol. The van der Waals surface area contributed by atoms with Crippen molar-refractivity contribution in [1.82, 2.24) is 0 Å². The Morgan fingerprint density at radius 1 is 0.955 bits per heavy atom. The molecule has 0 aromatic heterocycles. The van der Waals surface area contributed by atoms with Crippen molar-refractivity contribution < 1.29 is 10.2 Å². The minimum atomic E-state index is -0.325. The lowest BCUT2D eigenvalue weighted by Crippen LogP contribution is -2.58. The Morgan fingerprint density at radius 3 is 2.32 bits per heavy atom. The zero-order valence-corrected chi connectivity index (χ0v) is 15.0. The fourth-order valence-corrected chi connectivity index (χ4v) is 8.46. The average Bonchev–Trinajstić information content (AvgIpc) is 2.94. The highest BCUT2D eigenvalue weighted by molar-refractivity contribution is 5.24. The number of hydrogen-bond acceptors (Lipinski definition) is 2. The fraction of sp³-hybridized carbons (Fsp3) is 1.00. The summed E-state index contributed by atoms with van der Waals surface area (Å²) in [6.07, 6.45) is 6.24. The summed E-state index contributed by atoms with van der Waals surface area (Å²) >= 11 is 0. The van der Waals surface area contributed by atoms with Gasteiger partial charge in [0.2, 0.25) is 0 Å². The van der Waals surface area contributed by atoms with E-state index in [1.54, 1.807) is 0 Å². The van der Waals surface area contributed by atoms with Gasteiger partial charge in [-0.3, -0.25) is 0 Å². The highest BCUT2D eigenvalue weighted by atomic mass is 16.3. The zero-order chi connectivity index (χ0) is 16.1. The van der Waals surface area contributed by atoms with Crippen LogP contribution in [0.4, 0.5) is 0 Å². The molecule has 2 nitrogen and oxygen atoms in total. The van der Waals surface area contributed by atoms with Crippen molar-refractivity contribution in [2.45, 2.75) is 85.4 Å². The molecule has 4 saturated carbocycles. The van der Waals surface area contributed by atoms with E-state index < -0.39 is 0 Å². The highest BCUT2D eigenvalue weighted by Gasteiger charge is 2.76. The second kappa shape index (κ2) is 4.11. The molecular weight excluding hydrogens is 272 g/mol. The van der Waals surface area contributed by atoms with E-state index in [1.807, 2.05) is 0 Å². The third-order valence-electron chi connectivity index (χ3n) is 9.32. The van der Waals surface area contributed by atoms with Crippen LogP contribution in [0.3, 0.4) is 0 Å². The summed E-state index contributed by atoms with van der Waals surface area (Å²) < 4.78 is 0. The van der Waals surface area contributed by atoms with Crippen molar-refractivity contribution >= 4 is 0 Å². The van der Waals surface area contributed by atoms with Gasteiger partial charge in [-0.2, -0.15) is 0 Å². The number of aliphatic hydroxyl groups is 2. The lowest BCUT2D eigenvalue weighted by molar-refractivity contribution is -0.173. The van der Waals surface area contributed by atoms with Crippen molar-refractivity contribution in [2.75, 3.05) is 0 Å². The van der Waals surface area contributed by atoms with E-state index in [-0.39, 0.29) is 23.0 Å². The second-order valence-corrected chi connectivity index (χ2v) is 10.5. The fourth-order valence-electron chi connectivity index (χ4n) is 8.46. The van der Waals surface area contributed by atoms with Crippen LogP contribution in [-0.2, 0) is 0 Å². The van der Waals surface area contributed by atoms with Crippen LogP contribution < -0.4 is 0 Å². The molecule has 0 saturated heterocycles. The van der Waals surface area contributed by atoms with Gasteiger partial charge < -0.3 is 10.2 Å². The van der Waals surface area contributed by atoms with Crippen LogP contribution in [0.2, 0.25) is 0 Å². The van der Waals surface area contributed by atoms with Gasteiger partial charge in [-0.15, -0.1) is 0 Å². The van der Waals surface area contributed by atoms with Crippen LogP contribution in [0, 0.1) is 39.4 Å². The summed E-state index contributed by atoms with van der Waals surface area (Å²) in [6, 6.07) is 0. The molecule has 2 heteroatoms. The summed E-state index contributed by atoms with van der Waals surface area (Å²) in [5, 5.41) is 21.6. The molecule has 2 N–H and O–H groups in total. The summed E-state index contributed by atoms with van der Waals surface area (Å²) in [6.45, 7) is 12.1. The van der Waals surface area contributed by atoms with E-state index in [4.69, 9.17) is 0 Å². The number of fused-ring (bicyclic) bond motifs is 2. The molecule has 4 aliphatic rings. The third-order valence-corrected chi connectivity index (χ3v) is 9.32. The molecule has 8 unspecified atom stereocenters. The Labute approximate surface area is 135 Å². The molecule has 0 aromatic carbocycles. The maximum atomic E-state index is 10.9. The number of aliphatic hydroxyl groups excluding tert-OH is 2. The first-order valence-electron chi connectivity index (χ1n) is 9.45. The van der Waals surface area contributed by atoms with Crippen LogP contribution in [0.15, 0.2) is 0 Å². The van der Waals surface area contributed by atoms with Crippen molar-refractivity contribution in [3.05, 3.63) is 0 Å². The molecule has 4 aliphatic carbocycles. The van der Waals surface area contributed by atoms with Crippen LogP contribution in [0.25, 0.3) is 0 Å².